The zero-order valence-electron chi connectivity index (χ0n) is 11.3. The van der Waals surface area contributed by atoms with Gasteiger partial charge in [0.25, 0.3) is 0 Å². The molecule has 0 radical (unpaired) electrons. The summed E-state index contributed by atoms with van der Waals surface area (Å²) in [6.45, 7) is 13.9. The van der Waals surface area contributed by atoms with Gasteiger partial charge in [-0.15, -0.1) is 0 Å². The molecule has 90 valence electrons. The van der Waals surface area contributed by atoms with Crippen molar-refractivity contribution in [1.29, 1.82) is 0 Å². The Balaban J connectivity index is 2.65. The average Bonchev–Trinajstić information content (AvgIpc) is 2.20. The summed E-state index contributed by atoms with van der Waals surface area (Å²) in [6.07, 6.45) is 1.80. The Hall–Kier alpha value is -1.12. The lowest BCUT2D eigenvalue weighted by Crippen LogP contribution is -2.28. The maximum atomic E-state index is 4.46. The first-order chi connectivity index (χ1) is 7.33. The molecule has 0 aromatic carbocycles. The van der Waals surface area contributed by atoms with E-state index in [1.54, 1.807) is 6.20 Å². The van der Waals surface area contributed by atoms with Crippen LogP contribution in [0.15, 0.2) is 6.20 Å². The van der Waals surface area contributed by atoms with Crippen molar-refractivity contribution in [3.05, 3.63) is 17.6 Å². The van der Waals surface area contributed by atoms with Crippen LogP contribution in [0.25, 0.3) is 0 Å². The predicted molar refractivity (Wildman–Crippen MR) is 68.6 cm³/mol. The van der Waals surface area contributed by atoms with E-state index in [4.69, 9.17) is 0 Å². The van der Waals surface area contributed by atoms with Crippen LogP contribution in [0.4, 0.5) is 5.82 Å². The van der Waals surface area contributed by atoms with Gasteiger partial charge in [-0.2, -0.15) is 0 Å². The van der Waals surface area contributed by atoms with E-state index in [1.165, 1.54) is 0 Å². The monoisotopic (exact) mass is 221 g/mol. The molecule has 0 fully saturated rings. The van der Waals surface area contributed by atoms with Crippen LogP contribution in [0.5, 0.6) is 0 Å². The molecule has 1 aromatic heterocycles. The van der Waals surface area contributed by atoms with Crippen LogP contribution in [0, 0.1) is 25.2 Å². The molecule has 0 aliphatic carbocycles. The van der Waals surface area contributed by atoms with Crippen molar-refractivity contribution in [3.8, 4) is 0 Å². The minimum Gasteiger partial charge on any atom is -0.368 e. The van der Waals surface area contributed by atoms with E-state index in [9.17, 15) is 0 Å². The van der Waals surface area contributed by atoms with Crippen molar-refractivity contribution in [2.45, 2.75) is 41.5 Å². The molecular formula is C13H23N3. The lowest BCUT2D eigenvalue weighted by atomic mass is 9.81. The van der Waals surface area contributed by atoms with Crippen LogP contribution >= 0.6 is 0 Å². The first-order valence-corrected chi connectivity index (χ1v) is 5.87. The summed E-state index contributed by atoms with van der Waals surface area (Å²) in [5.41, 5.74) is 2.25. The van der Waals surface area contributed by atoms with E-state index in [0.717, 1.165) is 23.8 Å². The maximum absolute atomic E-state index is 4.46. The molecule has 0 atom stereocenters. The van der Waals surface area contributed by atoms with Crippen molar-refractivity contribution in [2.75, 3.05) is 11.9 Å². The summed E-state index contributed by atoms with van der Waals surface area (Å²) in [5, 5.41) is 3.36. The van der Waals surface area contributed by atoms with Gasteiger partial charge in [0.05, 0.1) is 17.6 Å². The fourth-order valence-electron chi connectivity index (χ4n) is 1.15. The molecule has 1 rings (SSSR count). The highest BCUT2D eigenvalue weighted by atomic mass is 15.0. The molecule has 3 heteroatoms. The van der Waals surface area contributed by atoms with E-state index >= 15 is 0 Å². The molecule has 1 N–H and O–H groups in total. The van der Waals surface area contributed by atoms with Crippen molar-refractivity contribution in [3.63, 3.8) is 0 Å². The van der Waals surface area contributed by atoms with E-state index < -0.39 is 0 Å². The Morgan fingerprint density at radius 1 is 1.25 bits per heavy atom. The predicted octanol–water partition coefficient (Wildman–Crippen LogP) is 3.19. The SMILES string of the molecule is Cc1ncc(NCC(C)(C)C(C)C)nc1C. The van der Waals surface area contributed by atoms with Crippen molar-refractivity contribution in [1.82, 2.24) is 9.97 Å². The standard InChI is InChI=1S/C13H23N3/c1-9(2)13(5,6)8-15-12-7-14-10(3)11(4)16-12/h7,9H,8H2,1-6H3,(H,15,16). The number of anilines is 1. The Kier molecular flexibility index (Phi) is 3.89. The normalized spacial score (nSPS) is 11.9. The second-order valence-corrected chi connectivity index (χ2v) is 5.42. The van der Waals surface area contributed by atoms with Crippen LogP contribution in [0.1, 0.15) is 39.1 Å². The van der Waals surface area contributed by atoms with E-state index in [2.05, 4.69) is 43.0 Å². The Bertz CT molecular complexity index is 356. The van der Waals surface area contributed by atoms with Gasteiger partial charge in [-0.1, -0.05) is 27.7 Å². The summed E-state index contributed by atoms with van der Waals surface area (Å²) in [7, 11) is 0. The third-order valence-electron chi connectivity index (χ3n) is 3.48. The van der Waals surface area contributed by atoms with Gasteiger partial charge in [0, 0.05) is 6.54 Å². The highest BCUT2D eigenvalue weighted by Crippen LogP contribution is 2.25. The fourth-order valence-corrected chi connectivity index (χ4v) is 1.15. The Morgan fingerprint density at radius 2 is 1.88 bits per heavy atom. The van der Waals surface area contributed by atoms with E-state index in [0.29, 0.717) is 5.92 Å². The number of hydrogen-bond acceptors (Lipinski definition) is 3. The number of rotatable bonds is 4. The van der Waals surface area contributed by atoms with Gasteiger partial charge in [-0.3, -0.25) is 4.98 Å². The second kappa shape index (κ2) is 4.81. The highest BCUT2D eigenvalue weighted by Gasteiger charge is 2.22. The molecule has 0 amide bonds. The van der Waals surface area contributed by atoms with Gasteiger partial charge >= 0.3 is 0 Å². The smallest absolute Gasteiger partial charge is 0.144 e. The van der Waals surface area contributed by atoms with Crippen LogP contribution in [0.2, 0.25) is 0 Å². The maximum Gasteiger partial charge on any atom is 0.144 e. The highest BCUT2D eigenvalue weighted by molar-refractivity contribution is 5.33. The summed E-state index contributed by atoms with van der Waals surface area (Å²) < 4.78 is 0. The minimum absolute atomic E-state index is 0.264. The Morgan fingerprint density at radius 3 is 2.38 bits per heavy atom. The molecule has 0 unspecified atom stereocenters. The number of aromatic nitrogens is 2. The van der Waals surface area contributed by atoms with Gasteiger partial charge in [0.2, 0.25) is 0 Å². The average molecular weight is 221 g/mol. The van der Waals surface area contributed by atoms with Gasteiger partial charge in [0.15, 0.2) is 0 Å². The molecule has 16 heavy (non-hydrogen) atoms. The molecule has 0 saturated carbocycles. The lowest BCUT2D eigenvalue weighted by molar-refractivity contribution is 0.269. The largest absolute Gasteiger partial charge is 0.368 e. The first-order valence-electron chi connectivity index (χ1n) is 5.87. The van der Waals surface area contributed by atoms with E-state index in [1.807, 2.05) is 13.8 Å². The molecule has 0 aliphatic rings. The number of nitrogens with one attached hydrogen (secondary N) is 1. The van der Waals surface area contributed by atoms with E-state index in [-0.39, 0.29) is 5.41 Å². The molecule has 0 saturated heterocycles. The van der Waals surface area contributed by atoms with Crippen molar-refractivity contribution in [2.24, 2.45) is 11.3 Å². The zero-order chi connectivity index (χ0) is 12.3. The Labute approximate surface area is 98.7 Å². The fraction of sp³-hybridized carbons (Fsp3) is 0.692. The lowest BCUT2D eigenvalue weighted by Gasteiger charge is -2.29. The van der Waals surface area contributed by atoms with Crippen molar-refractivity contribution >= 4 is 5.82 Å². The zero-order valence-corrected chi connectivity index (χ0v) is 11.3. The molecule has 0 spiro atoms. The third-order valence-corrected chi connectivity index (χ3v) is 3.48. The molecule has 1 aromatic rings. The van der Waals surface area contributed by atoms with Gasteiger partial charge < -0.3 is 5.32 Å². The molecular weight excluding hydrogens is 198 g/mol. The number of hydrogen-bond donors (Lipinski definition) is 1. The molecule has 0 aliphatic heterocycles. The van der Waals surface area contributed by atoms with Crippen LogP contribution in [-0.2, 0) is 0 Å². The van der Waals surface area contributed by atoms with Gasteiger partial charge in [-0.05, 0) is 25.2 Å². The number of aryl methyl sites for hydroxylation is 2. The summed E-state index contributed by atoms with van der Waals surface area (Å²) >= 11 is 0. The van der Waals surface area contributed by atoms with Crippen LogP contribution in [0.3, 0.4) is 0 Å². The van der Waals surface area contributed by atoms with Crippen LogP contribution in [-0.4, -0.2) is 16.5 Å². The molecule has 3 nitrogen and oxygen atoms in total. The summed E-state index contributed by atoms with van der Waals surface area (Å²) in [5.74, 6) is 1.51. The summed E-state index contributed by atoms with van der Waals surface area (Å²) in [6, 6.07) is 0. The number of nitrogens with zero attached hydrogens (tertiary/aromatic N) is 2. The van der Waals surface area contributed by atoms with Crippen molar-refractivity contribution < 1.29 is 0 Å². The molecule has 1 heterocycles. The minimum atomic E-state index is 0.264. The van der Waals surface area contributed by atoms with Gasteiger partial charge in [-0.25, -0.2) is 4.98 Å². The quantitative estimate of drug-likeness (QED) is 0.848. The third kappa shape index (κ3) is 3.19. The topological polar surface area (TPSA) is 37.8 Å². The van der Waals surface area contributed by atoms with Crippen LogP contribution < -0.4 is 5.32 Å². The van der Waals surface area contributed by atoms with Gasteiger partial charge in [0.1, 0.15) is 5.82 Å². The first kappa shape index (κ1) is 12.9. The molecule has 0 bridgehead atoms. The summed E-state index contributed by atoms with van der Waals surface area (Å²) in [4.78, 5) is 8.76. The second-order valence-electron chi connectivity index (χ2n) is 5.42.